The molecule has 0 spiro atoms. The fraction of sp³-hybridized carbons (Fsp3) is 0.500. The van der Waals surface area contributed by atoms with Crippen molar-refractivity contribution in [3.63, 3.8) is 0 Å². The molecule has 0 saturated heterocycles. The molecule has 0 amide bonds. The SMILES string of the molecule is COC(C)CNC(C)c1ccc(Br)cc1Br. The Bertz CT molecular complexity index is 344. The normalized spacial score (nSPS) is 14.8. The molecule has 0 fully saturated rings. The summed E-state index contributed by atoms with van der Waals surface area (Å²) in [6, 6.07) is 6.54. The summed E-state index contributed by atoms with van der Waals surface area (Å²) in [6.45, 7) is 5.05. The summed E-state index contributed by atoms with van der Waals surface area (Å²) in [7, 11) is 1.73. The molecule has 2 atom stereocenters. The Kier molecular flexibility index (Phi) is 5.97. The Morgan fingerprint density at radius 3 is 2.56 bits per heavy atom. The lowest BCUT2D eigenvalue weighted by molar-refractivity contribution is 0.115. The highest BCUT2D eigenvalue weighted by molar-refractivity contribution is 9.11. The van der Waals surface area contributed by atoms with Crippen LogP contribution in [0.3, 0.4) is 0 Å². The number of benzene rings is 1. The topological polar surface area (TPSA) is 21.3 Å². The van der Waals surface area contributed by atoms with Crippen LogP contribution in [0.5, 0.6) is 0 Å². The van der Waals surface area contributed by atoms with Gasteiger partial charge in [0.15, 0.2) is 0 Å². The van der Waals surface area contributed by atoms with Gasteiger partial charge in [-0.3, -0.25) is 0 Å². The first-order valence-corrected chi connectivity index (χ1v) is 6.84. The van der Waals surface area contributed by atoms with E-state index in [1.165, 1.54) is 5.56 Å². The minimum Gasteiger partial charge on any atom is -0.380 e. The van der Waals surface area contributed by atoms with E-state index in [1.807, 2.05) is 0 Å². The lowest BCUT2D eigenvalue weighted by Gasteiger charge is -2.18. The molecule has 1 aromatic rings. The second-order valence-corrected chi connectivity index (χ2v) is 5.61. The van der Waals surface area contributed by atoms with Gasteiger partial charge in [0.25, 0.3) is 0 Å². The largest absolute Gasteiger partial charge is 0.380 e. The maximum Gasteiger partial charge on any atom is 0.0667 e. The summed E-state index contributed by atoms with van der Waals surface area (Å²) < 4.78 is 7.41. The Morgan fingerprint density at radius 1 is 1.31 bits per heavy atom. The van der Waals surface area contributed by atoms with E-state index in [-0.39, 0.29) is 6.10 Å². The molecule has 1 N–H and O–H groups in total. The second-order valence-electron chi connectivity index (χ2n) is 3.84. The summed E-state index contributed by atoms with van der Waals surface area (Å²) in [6.07, 6.45) is 0.233. The number of hydrogen-bond acceptors (Lipinski definition) is 2. The maximum absolute atomic E-state index is 5.20. The molecule has 0 saturated carbocycles. The van der Waals surface area contributed by atoms with Crippen LogP contribution in [0, 0.1) is 0 Å². The molecular formula is C12H17Br2NO. The van der Waals surface area contributed by atoms with Crippen LogP contribution in [0.2, 0.25) is 0 Å². The van der Waals surface area contributed by atoms with Crippen LogP contribution in [0.15, 0.2) is 27.1 Å². The molecule has 1 rings (SSSR count). The van der Waals surface area contributed by atoms with Crippen molar-refractivity contribution in [2.45, 2.75) is 26.0 Å². The summed E-state index contributed by atoms with van der Waals surface area (Å²) in [5.41, 5.74) is 1.26. The third-order valence-corrected chi connectivity index (χ3v) is 3.72. The average Bonchev–Trinajstić information content (AvgIpc) is 2.25. The molecule has 0 radical (unpaired) electrons. The van der Waals surface area contributed by atoms with Crippen molar-refractivity contribution in [1.29, 1.82) is 0 Å². The molecule has 0 aromatic heterocycles. The van der Waals surface area contributed by atoms with E-state index in [0.29, 0.717) is 6.04 Å². The molecular weight excluding hydrogens is 334 g/mol. The van der Waals surface area contributed by atoms with Crippen LogP contribution in [0.1, 0.15) is 25.5 Å². The maximum atomic E-state index is 5.20. The summed E-state index contributed by atoms with van der Waals surface area (Å²) in [5.74, 6) is 0. The molecule has 0 heterocycles. The van der Waals surface area contributed by atoms with Crippen molar-refractivity contribution in [3.05, 3.63) is 32.7 Å². The molecule has 16 heavy (non-hydrogen) atoms. The predicted molar refractivity (Wildman–Crippen MR) is 74.7 cm³/mol. The van der Waals surface area contributed by atoms with Crippen molar-refractivity contribution in [1.82, 2.24) is 5.32 Å². The van der Waals surface area contributed by atoms with Crippen molar-refractivity contribution < 1.29 is 4.74 Å². The van der Waals surface area contributed by atoms with E-state index >= 15 is 0 Å². The highest BCUT2D eigenvalue weighted by Gasteiger charge is 2.10. The van der Waals surface area contributed by atoms with Gasteiger partial charge in [-0.25, -0.2) is 0 Å². The third kappa shape index (κ3) is 4.17. The first kappa shape index (κ1) is 14.2. The van der Waals surface area contributed by atoms with Crippen molar-refractivity contribution >= 4 is 31.9 Å². The second kappa shape index (κ2) is 6.74. The fourth-order valence-corrected chi connectivity index (χ4v) is 2.78. The summed E-state index contributed by atoms with van der Waals surface area (Å²) >= 11 is 7.02. The van der Waals surface area contributed by atoms with Gasteiger partial charge >= 0.3 is 0 Å². The van der Waals surface area contributed by atoms with Gasteiger partial charge in [-0.15, -0.1) is 0 Å². The molecule has 0 aliphatic carbocycles. The molecule has 0 aliphatic rings. The lowest BCUT2D eigenvalue weighted by atomic mass is 10.1. The van der Waals surface area contributed by atoms with Crippen LogP contribution in [0.25, 0.3) is 0 Å². The lowest BCUT2D eigenvalue weighted by Crippen LogP contribution is -2.28. The van der Waals surface area contributed by atoms with E-state index in [0.717, 1.165) is 15.5 Å². The molecule has 2 nitrogen and oxygen atoms in total. The van der Waals surface area contributed by atoms with Crippen LogP contribution in [-0.2, 0) is 4.74 Å². The van der Waals surface area contributed by atoms with Gasteiger partial charge in [-0.05, 0) is 31.5 Å². The highest BCUT2D eigenvalue weighted by atomic mass is 79.9. The van der Waals surface area contributed by atoms with Crippen LogP contribution >= 0.6 is 31.9 Å². The summed E-state index contributed by atoms with van der Waals surface area (Å²) in [5, 5.41) is 3.44. The quantitative estimate of drug-likeness (QED) is 0.869. The first-order valence-electron chi connectivity index (χ1n) is 5.25. The molecule has 4 heteroatoms. The molecule has 0 bridgehead atoms. The smallest absolute Gasteiger partial charge is 0.0667 e. The fourth-order valence-electron chi connectivity index (χ4n) is 1.39. The Labute approximate surface area is 114 Å². The van der Waals surface area contributed by atoms with E-state index in [4.69, 9.17) is 4.74 Å². The first-order chi connectivity index (χ1) is 7.54. The molecule has 90 valence electrons. The van der Waals surface area contributed by atoms with Gasteiger partial charge in [-0.1, -0.05) is 37.9 Å². The van der Waals surface area contributed by atoms with Crippen LogP contribution in [0.4, 0.5) is 0 Å². The Morgan fingerprint density at radius 2 is 2.00 bits per heavy atom. The minimum absolute atomic E-state index is 0.233. The van der Waals surface area contributed by atoms with Crippen LogP contribution < -0.4 is 5.32 Å². The van der Waals surface area contributed by atoms with E-state index in [9.17, 15) is 0 Å². The van der Waals surface area contributed by atoms with Gasteiger partial charge in [0.1, 0.15) is 0 Å². The van der Waals surface area contributed by atoms with Gasteiger partial charge in [0.2, 0.25) is 0 Å². The monoisotopic (exact) mass is 349 g/mol. The van der Waals surface area contributed by atoms with Crippen molar-refractivity contribution in [2.75, 3.05) is 13.7 Å². The molecule has 2 unspecified atom stereocenters. The number of hydrogen-bond donors (Lipinski definition) is 1. The number of ether oxygens (including phenoxy) is 1. The zero-order valence-corrected chi connectivity index (χ0v) is 12.9. The van der Waals surface area contributed by atoms with E-state index in [1.54, 1.807) is 7.11 Å². The van der Waals surface area contributed by atoms with Crippen LogP contribution in [-0.4, -0.2) is 19.8 Å². The minimum atomic E-state index is 0.233. The van der Waals surface area contributed by atoms with E-state index < -0.39 is 0 Å². The molecule has 1 aromatic carbocycles. The Hall–Kier alpha value is 0.1000. The zero-order valence-electron chi connectivity index (χ0n) is 9.76. The van der Waals surface area contributed by atoms with E-state index in [2.05, 4.69) is 69.2 Å². The van der Waals surface area contributed by atoms with Crippen molar-refractivity contribution in [3.8, 4) is 0 Å². The number of nitrogens with one attached hydrogen (secondary N) is 1. The average molecular weight is 351 g/mol. The highest BCUT2D eigenvalue weighted by Crippen LogP contribution is 2.26. The van der Waals surface area contributed by atoms with Gasteiger partial charge < -0.3 is 10.1 Å². The standard InChI is InChI=1S/C12H17Br2NO/c1-8(16-3)7-15-9(2)11-5-4-10(13)6-12(11)14/h4-6,8-9,15H,7H2,1-3H3. The van der Waals surface area contributed by atoms with Gasteiger partial charge in [-0.2, -0.15) is 0 Å². The van der Waals surface area contributed by atoms with Gasteiger partial charge in [0.05, 0.1) is 6.10 Å². The summed E-state index contributed by atoms with van der Waals surface area (Å²) in [4.78, 5) is 0. The number of halogens is 2. The zero-order chi connectivity index (χ0) is 12.1. The number of rotatable bonds is 5. The number of methoxy groups -OCH3 is 1. The Balaban J connectivity index is 2.62. The predicted octanol–water partition coefficient (Wildman–Crippen LogP) is 3.90. The third-order valence-electron chi connectivity index (χ3n) is 2.54. The van der Waals surface area contributed by atoms with Gasteiger partial charge in [0, 0.05) is 28.6 Å². The molecule has 0 aliphatic heterocycles. The van der Waals surface area contributed by atoms with Crippen molar-refractivity contribution in [2.24, 2.45) is 0 Å².